The van der Waals surface area contributed by atoms with Crippen molar-refractivity contribution in [2.24, 2.45) is 0 Å². The van der Waals surface area contributed by atoms with Crippen molar-refractivity contribution in [2.75, 3.05) is 13.7 Å². The number of aryl methyl sites for hydroxylation is 2. The lowest BCUT2D eigenvalue weighted by Gasteiger charge is -2.18. The molecule has 0 saturated carbocycles. The Kier molecular flexibility index (Phi) is 4.74. The molecule has 0 aliphatic rings. The van der Waals surface area contributed by atoms with Gasteiger partial charge < -0.3 is 10.1 Å². The summed E-state index contributed by atoms with van der Waals surface area (Å²) >= 11 is 0. The Morgan fingerprint density at radius 2 is 1.90 bits per heavy atom. The molecule has 0 radical (unpaired) electrons. The van der Waals surface area contributed by atoms with E-state index in [1.807, 2.05) is 7.05 Å². The summed E-state index contributed by atoms with van der Waals surface area (Å²) in [6.07, 6.45) is 0. The lowest BCUT2D eigenvalue weighted by molar-refractivity contribution is 0.272. The second kappa shape index (κ2) is 6.53. The minimum atomic E-state index is -0.283. The van der Waals surface area contributed by atoms with E-state index in [1.165, 1.54) is 28.8 Å². The summed E-state index contributed by atoms with van der Waals surface area (Å²) in [5, 5.41) is 3.23. The van der Waals surface area contributed by atoms with Crippen LogP contribution in [-0.4, -0.2) is 13.7 Å². The minimum absolute atomic E-state index is 0.0811. The van der Waals surface area contributed by atoms with E-state index in [2.05, 4.69) is 37.4 Å². The molecule has 2 rings (SSSR count). The zero-order valence-corrected chi connectivity index (χ0v) is 12.1. The van der Waals surface area contributed by atoms with Gasteiger partial charge in [0.1, 0.15) is 18.2 Å². The summed E-state index contributed by atoms with van der Waals surface area (Å²) in [7, 11) is 1.90. The van der Waals surface area contributed by atoms with Gasteiger partial charge >= 0.3 is 0 Å². The molecule has 1 unspecified atom stereocenters. The standard InChI is InChI=1S/C17H20FNO/c1-12-7-8-14(9-13(12)2)17(19-3)11-20-16-6-4-5-15(18)10-16/h4-10,17,19H,11H2,1-3H3. The number of likely N-dealkylation sites (N-methyl/N-ethyl adjacent to an activating group) is 1. The van der Waals surface area contributed by atoms with Crippen LogP contribution in [0.15, 0.2) is 42.5 Å². The van der Waals surface area contributed by atoms with E-state index in [4.69, 9.17) is 4.74 Å². The molecule has 106 valence electrons. The topological polar surface area (TPSA) is 21.3 Å². The van der Waals surface area contributed by atoms with Gasteiger partial charge in [0.05, 0.1) is 6.04 Å². The highest BCUT2D eigenvalue weighted by molar-refractivity contribution is 5.32. The molecule has 1 N–H and O–H groups in total. The highest BCUT2D eigenvalue weighted by Gasteiger charge is 2.11. The predicted octanol–water partition coefficient (Wildman–Crippen LogP) is 3.78. The first-order valence-electron chi connectivity index (χ1n) is 6.73. The summed E-state index contributed by atoms with van der Waals surface area (Å²) in [5.74, 6) is 0.267. The van der Waals surface area contributed by atoms with Crippen molar-refractivity contribution >= 4 is 0 Å². The van der Waals surface area contributed by atoms with Crippen molar-refractivity contribution in [3.8, 4) is 5.75 Å². The van der Waals surface area contributed by atoms with Crippen molar-refractivity contribution < 1.29 is 9.13 Å². The van der Waals surface area contributed by atoms with Gasteiger partial charge in [0.25, 0.3) is 0 Å². The number of ether oxygens (including phenoxy) is 1. The third-order valence-corrected chi connectivity index (χ3v) is 3.49. The van der Waals surface area contributed by atoms with E-state index in [0.717, 1.165) is 0 Å². The van der Waals surface area contributed by atoms with Gasteiger partial charge in [0.15, 0.2) is 0 Å². The minimum Gasteiger partial charge on any atom is -0.492 e. The molecule has 2 nitrogen and oxygen atoms in total. The predicted molar refractivity (Wildman–Crippen MR) is 79.6 cm³/mol. The number of benzene rings is 2. The van der Waals surface area contributed by atoms with Gasteiger partial charge in [-0.2, -0.15) is 0 Å². The number of hydrogen-bond acceptors (Lipinski definition) is 2. The molecule has 3 heteroatoms. The van der Waals surface area contributed by atoms with E-state index in [-0.39, 0.29) is 11.9 Å². The molecule has 2 aromatic rings. The Labute approximate surface area is 119 Å². The Hall–Kier alpha value is -1.87. The summed E-state index contributed by atoms with van der Waals surface area (Å²) < 4.78 is 18.8. The Bertz CT molecular complexity index is 583. The van der Waals surface area contributed by atoms with E-state index in [1.54, 1.807) is 12.1 Å². The second-order valence-corrected chi connectivity index (χ2v) is 4.95. The first-order valence-corrected chi connectivity index (χ1v) is 6.73. The zero-order valence-electron chi connectivity index (χ0n) is 12.1. The van der Waals surface area contributed by atoms with Crippen LogP contribution in [0.4, 0.5) is 4.39 Å². The molecule has 0 saturated heterocycles. The van der Waals surface area contributed by atoms with Crippen LogP contribution < -0.4 is 10.1 Å². The van der Waals surface area contributed by atoms with E-state index < -0.39 is 0 Å². The van der Waals surface area contributed by atoms with Crippen molar-refractivity contribution in [1.82, 2.24) is 5.32 Å². The van der Waals surface area contributed by atoms with Gasteiger partial charge in [0, 0.05) is 6.07 Å². The summed E-state index contributed by atoms with van der Waals surface area (Å²) in [6.45, 7) is 4.65. The van der Waals surface area contributed by atoms with E-state index in [0.29, 0.717) is 12.4 Å². The number of hydrogen-bond donors (Lipinski definition) is 1. The summed E-state index contributed by atoms with van der Waals surface area (Å²) in [5.41, 5.74) is 3.70. The lowest BCUT2D eigenvalue weighted by Crippen LogP contribution is -2.23. The maximum Gasteiger partial charge on any atom is 0.126 e. The molecule has 0 spiro atoms. The van der Waals surface area contributed by atoms with Crippen LogP contribution >= 0.6 is 0 Å². The van der Waals surface area contributed by atoms with Crippen LogP contribution in [0.5, 0.6) is 5.75 Å². The number of nitrogens with one attached hydrogen (secondary N) is 1. The normalized spacial score (nSPS) is 12.2. The number of halogens is 1. The Morgan fingerprint density at radius 1 is 1.10 bits per heavy atom. The van der Waals surface area contributed by atoms with Gasteiger partial charge in [-0.05, 0) is 49.7 Å². The van der Waals surface area contributed by atoms with Crippen molar-refractivity contribution in [2.45, 2.75) is 19.9 Å². The van der Waals surface area contributed by atoms with Crippen molar-refractivity contribution in [3.05, 3.63) is 65.0 Å². The molecular formula is C17H20FNO. The second-order valence-electron chi connectivity index (χ2n) is 4.95. The quantitative estimate of drug-likeness (QED) is 0.895. The molecule has 0 aromatic heterocycles. The first kappa shape index (κ1) is 14.5. The van der Waals surface area contributed by atoms with Crippen LogP contribution in [0.2, 0.25) is 0 Å². The first-order chi connectivity index (χ1) is 9.60. The fraction of sp³-hybridized carbons (Fsp3) is 0.294. The molecular weight excluding hydrogens is 253 g/mol. The van der Waals surface area contributed by atoms with Crippen LogP contribution in [0.3, 0.4) is 0 Å². The number of rotatable bonds is 5. The third-order valence-electron chi connectivity index (χ3n) is 3.49. The maximum absolute atomic E-state index is 13.1. The van der Waals surface area contributed by atoms with Crippen LogP contribution in [-0.2, 0) is 0 Å². The molecule has 1 atom stereocenters. The van der Waals surface area contributed by atoms with Gasteiger partial charge in [-0.25, -0.2) is 4.39 Å². The van der Waals surface area contributed by atoms with Crippen LogP contribution in [0.1, 0.15) is 22.7 Å². The summed E-state index contributed by atoms with van der Waals surface area (Å²) in [4.78, 5) is 0. The highest BCUT2D eigenvalue weighted by Crippen LogP contribution is 2.19. The van der Waals surface area contributed by atoms with Crippen molar-refractivity contribution in [1.29, 1.82) is 0 Å². The Balaban J connectivity index is 2.07. The molecule has 0 heterocycles. The Morgan fingerprint density at radius 3 is 2.55 bits per heavy atom. The van der Waals surface area contributed by atoms with Gasteiger partial charge in [-0.1, -0.05) is 24.3 Å². The fourth-order valence-electron chi connectivity index (χ4n) is 2.06. The monoisotopic (exact) mass is 273 g/mol. The smallest absolute Gasteiger partial charge is 0.126 e. The van der Waals surface area contributed by atoms with Crippen LogP contribution in [0.25, 0.3) is 0 Å². The molecule has 0 aliphatic carbocycles. The van der Waals surface area contributed by atoms with Gasteiger partial charge in [0.2, 0.25) is 0 Å². The lowest BCUT2D eigenvalue weighted by atomic mass is 10.0. The van der Waals surface area contributed by atoms with Gasteiger partial charge in [-0.3, -0.25) is 0 Å². The fourth-order valence-corrected chi connectivity index (χ4v) is 2.06. The summed E-state index contributed by atoms with van der Waals surface area (Å²) in [6, 6.07) is 12.7. The molecule has 2 aromatic carbocycles. The largest absolute Gasteiger partial charge is 0.492 e. The maximum atomic E-state index is 13.1. The third kappa shape index (κ3) is 3.58. The SMILES string of the molecule is CNC(COc1cccc(F)c1)c1ccc(C)c(C)c1. The molecule has 0 bridgehead atoms. The highest BCUT2D eigenvalue weighted by atomic mass is 19.1. The average Bonchev–Trinajstić information content (AvgIpc) is 2.43. The van der Waals surface area contributed by atoms with E-state index in [9.17, 15) is 4.39 Å². The molecule has 20 heavy (non-hydrogen) atoms. The molecule has 0 fully saturated rings. The van der Waals surface area contributed by atoms with Gasteiger partial charge in [-0.15, -0.1) is 0 Å². The average molecular weight is 273 g/mol. The van der Waals surface area contributed by atoms with E-state index >= 15 is 0 Å². The van der Waals surface area contributed by atoms with Crippen LogP contribution in [0, 0.1) is 19.7 Å². The molecule has 0 aliphatic heterocycles. The molecule has 0 amide bonds. The zero-order chi connectivity index (χ0) is 14.5. The van der Waals surface area contributed by atoms with Crippen molar-refractivity contribution in [3.63, 3.8) is 0 Å².